The van der Waals surface area contributed by atoms with E-state index in [4.69, 9.17) is 39.8 Å². The highest BCUT2D eigenvalue weighted by atomic mass is 35.5. The number of hydrogen-bond donors (Lipinski definition) is 3. The van der Waals surface area contributed by atoms with Crippen molar-refractivity contribution >= 4 is 34.9 Å². The van der Waals surface area contributed by atoms with Crippen molar-refractivity contribution in [2.45, 2.75) is 6.54 Å². The van der Waals surface area contributed by atoms with Crippen LogP contribution in [0.2, 0.25) is 10.0 Å². The number of nitrogen functional groups attached to an aromatic ring is 1. The average molecular weight is 312 g/mol. The van der Waals surface area contributed by atoms with Crippen LogP contribution < -0.4 is 11.5 Å². The molecule has 0 aliphatic heterocycles. The zero-order valence-electron chi connectivity index (χ0n) is 10.2. The predicted molar refractivity (Wildman–Crippen MR) is 79.0 cm³/mol. The number of aromatic carboxylic acids is 1. The number of nitrogens with two attached hydrogens (primary N) is 2. The number of pyridine rings is 1. The van der Waals surface area contributed by atoms with E-state index in [0.717, 1.165) is 5.56 Å². The lowest BCUT2D eigenvalue weighted by molar-refractivity contribution is 0.0691. The summed E-state index contributed by atoms with van der Waals surface area (Å²) in [6.07, 6.45) is 0. The molecule has 1 aromatic carbocycles. The third-order valence-electron chi connectivity index (χ3n) is 2.75. The van der Waals surface area contributed by atoms with Gasteiger partial charge in [-0.05, 0) is 23.8 Å². The van der Waals surface area contributed by atoms with Crippen molar-refractivity contribution in [2.24, 2.45) is 5.73 Å². The number of hydrogen-bond acceptors (Lipinski definition) is 4. The molecule has 0 bridgehead atoms. The van der Waals surface area contributed by atoms with Crippen LogP contribution in [0.15, 0.2) is 24.3 Å². The second-order valence-electron chi connectivity index (χ2n) is 4.07. The molecule has 7 heteroatoms. The lowest BCUT2D eigenvalue weighted by atomic mass is 10.0. The molecule has 0 amide bonds. The maximum absolute atomic E-state index is 11.1. The van der Waals surface area contributed by atoms with Gasteiger partial charge < -0.3 is 16.6 Å². The molecule has 20 heavy (non-hydrogen) atoms. The smallest absolute Gasteiger partial charge is 0.356 e. The van der Waals surface area contributed by atoms with Crippen molar-refractivity contribution in [3.63, 3.8) is 0 Å². The van der Waals surface area contributed by atoms with Crippen LogP contribution in [0.3, 0.4) is 0 Å². The number of rotatable bonds is 3. The molecule has 0 saturated carbocycles. The van der Waals surface area contributed by atoms with Crippen LogP contribution in [0.25, 0.3) is 11.3 Å². The number of aromatic nitrogens is 1. The van der Waals surface area contributed by atoms with Crippen molar-refractivity contribution in [3.05, 3.63) is 45.6 Å². The van der Waals surface area contributed by atoms with Gasteiger partial charge in [0.15, 0.2) is 5.69 Å². The van der Waals surface area contributed by atoms with Crippen LogP contribution in [0, 0.1) is 0 Å². The first-order chi connectivity index (χ1) is 9.43. The number of carbonyl (C=O) groups is 1. The first-order valence-electron chi connectivity index (χ1n) is 5.62. The summed E-state index contributed by atoms with van der Waals surface area (Å²) in [7, 11) is 0. The molecule has 5 nitrogen and oxygen atoms in total. The van der Waals surface area contributed by atoms with E-state index >= 15 is 0 Å². The van der Waals surface area contributed by atoms with Gasteiger partial charge in [0.05, 0.1) is 16.4 Å². The molecule has 0 spiro atoms. The van der Waals surface area contributed by atoms with Crippen LogP contribution in [0.4, 0.5) is 5.69 Å². The first-order valence-corrected chi connectivity index (χ1v) is 6.37. The largest absolute Gasteiger partial charge is 0.476 e. The van der Waals surface area contributed by atoms with Crippen LogP contribution in [-0.2, 0) is 6.54 Å². The maximum atomic E-state index is 11.1. The Labute approximate surface area is 125 Å². The highest BCUT2D eigenvalue weighted by Crippen LogP contribution is 2.30. The summed E-state index contributed by atoms with van der Waals surface area (Å²) in [5, 5.41) is 9.54. The lowest BCUT2D eigenvalue weighted by Gasteiger charge is -2.11. The summed E-state index contributed by atoms with van der Waals surface area (Å²) in [4.78, 5) is 15.1. The van der Waals surface area contributed by atoms with Gasteiger partial charge in [-0.1, -0.05) is 29.3 Å². The van der Waals surface area contributed by atoms with Crippen molar-refractivity contribution < 1.29 is 9.90 Å². The molecule has 0 aliphatic carbocycles. The Morgan fingerprint density at radius 1 is 1.30 bits per heavy atom. The molecule has 0 unspecified atom stereocenters. The third kappa shape index (κ3) is 2.70. The topological polar surface area (TPSA) is 102 Å². The van der Waals surface area contributed by atoms with Crippen molar-refractivity contribution in [1.82, 2.24) is 4.98 Å². The van der Waals surface area contributed by atoms with Crippen molar-refractivity contribution in [3.8, 4) is 11.3 Å². The third-order valence-corrected chi connectivity index (χ3v) is 3.38. The van der Waals surface area contributed by atoms with E-state index in [1.807, 2.05) is 0 Å². The number of halogens is 2. The standard InChI is InChI=1S/C13H11Cl2N3O2/c14-7-1-2-8(6(3-7)5-16)10-4-9(17)11(15)12(18-10)13(19)20/h1-4H,5,16H2,(H2,17,18)(H,19,20). The predicted octanol–water partition coefficient (Wildman–Crippen LogP) is 2.79. The van der Waals surface area contributed by atoms with E-state index in [2.05, 4.69) is 4.98 Å². The fourth-order valence-electron chi connectivity index (χ4n) is 1.81. The number of nitrogens with zero attached hydrogens (tertiary/aromatic N) is 1. The molecule has 1 aromatic heterocycles. The number of benzene rings is 1. The van der Waals surface area contributed by atoms with E-state index in [-0.39, 0.29) is 22.9 Å². The van der Waals surface area contributed by atoms with Gasteiger partial charge in [0.25, 0.3) is 0 Å². The Morgan fingerprint density at radius 3 is 2.60 bits per heavy atom. The quantitative estimate of drug-likeness (QED) is 0.809. The summed E-state index contributed by atoms with van der Waals surface area (Å²) < 4.78 is 0. The monoisotopic (exact) mass is 311 g/mol. The molecule has 0 radical (unpaired) electrons. The van der Waals surface area contributed by atoms with Gasteiger partial charge in [0, 0.05) is 17.1 Å². The van der Waals surface area contributed by atoms with Crippen LogP contribution >= 0.6 is 23.2 Å². The number of carboxylic acid groups (broad SMARTS) is 1. The molecule has 2 rings (SSSR count). The summed E-state index contributed by atoms with van der Waals surface area (Å²) in [5.74, 6) is -1.24. The summed E-state index contributed by atoms with van der Waals surface area (Å²) in [6.45, 7) is 0.239. The van der Waals surface area contributed by atoms with Gasteiger partial charge in [-0.25, -0.2) is 9.78 Å². The fourth-order valence-corrected chi connectivity index (χ4v) is 2.18. The summed E-state index contributed by atoms with van der Waals surface area (Å²) in [5.41, 5.74) is 13.0. The molecular formula is C13H11Cl2N3O2. The van der Waals surface area contributed by atoms with Crippen LogP contribution in [0.5, 0.6) is 0 Å². The second kappa shape index (κ2) is 5.66. The molecular weight excluding hydrogens is 301 g/mol. The zero-order valence-corrected chi connectivity index (χ0v) is 11.7. The maximum Gasteiger partial charge on any atom is 0.356 e. The zero-order chi connectivity index (χ0) is 14.9. The van der Waals surface area contributed by atoms with Crippen molar-refractivity contribution in [1.29, 1.82) is 0 Å². The van der Waals surface area contributed by atoms with Crippen LogP contribution in [0.1, 0.15) is 16.1 Å². The fraction of sp³-hybridized carbons (Fsp3) is 0.0769. The molecule has 1 heterocycles. The van der Waals surface area contributed by atoms with Gasteiger partial charge >= 0.3 is 5.97 Å². The molecule has 104 valence electrons. The van der Waals surface area contributed by atoms with Gasteiger partial charge in [0.2, 0.25) is 0 Å². The Morgan fingerprint density at radius 2 is 2.00 bits per heavy atom. The van der Waals surface area contributed by atoms with E-state index in [0.29, 0.717) is 16.3 Å². The molecule has 2 aromatic rings. The van der Waals surface area contributed by atoms with E-state index in [9.17, 15) is 4.79 Å². The summed E-state index contributed by atoms with van der Waals surface area (Å²) in [6, 6.07) is 6.59. The van der Waals surface area contributed by atoms with Gasteiger partial charge in [-0.3, -0.25) is 0 Å². The first kappa shape index (κ1) is 14.6. The van der Waals surface area contributed by atoms with Crippen molar-refractivity contribution in [2.75, 3.05) is 5.73 Å². The Kier molecular flexibility index (Phi) is 4.13. The molecule has 0 aliphatic rings. The molecule has 5 N–H and O–H groups in total. The Balaban J connectivity index is 2.67. The highest BCUT2D eigenvalue weighted by molar-refractivity contribution is 6.35. The normalized spacial score (nSPS) is 10.6. The summed E-state index contributed by atoms with van der Waals surface area (Å²) >= 11 is 11.7. The van der Waals surface area contributed by atoms with E-state index < -0.39 is 5.97 Å². The van der Waals surface area contributed by atoms with Crippen LogP contribution in [-0.4, -0.2) is 16.1 Å². The van der Waals surface area contributed by atoms with Gasteiger partial charge in [-0.2, -0.15) is 0 Å². The minimum Gasteiger partial charge on any atom is -0.476 e. The van der Waals surface area contributed by atoms with E-state index in [1.54, 1.807) is 18.2 Å². The van der Waals surface area contributed by atoms with Gasteiger partial charge in [0.1, 0.15) is 0 Å². The SMILES string of the molecule is NCc1cc(Cl)ccc1-c1cc(N)c(Cl)c(C(=O)O)n1. The second-order valence-corrected chi connectivity index (χ2v) is 4.88. The van der Waals surface area contributed by atoms with E-state index in [1.165, 1.54) is 6.07 Å². The molecule has 0 fully saturated rings. The van der Waals surface area contributed by atoms with Gasteiger partial charge in [-0.15, -0.1) is 0 Å². The Hall–Kier alpha value is -1.82. The lowest BCUT2D eigenvalue weighted by Crippen LogP contribution is -2.06. The molecule has 0 saturated heterocycles. The minimum absolute atomic E-state index is 0.0792. The average Bonchev–Trinajstić information content (AvgIpc) is 2.41. The molecule has 0 atom stereocenters. The Bertz CT molecular complexity index is 690. The minimum atomic E-state index is -1.24. The number of anilines is 1. The number of carboxylic acids is 1. The highest BCUT2D eigenvalue weighted by Gasteiger charge is 2.17.